The van der Waals surface area contributed by atoms with Crippen LogP contribution in [0.1, 0.15) is 34.9 Å². The van der Waals surface area contributed by atoms with Gasteiger partial charge in [-0.25, -0.2) is 4.98 Å². The van der Waals surface area contributed by atoms with Crippen molar-refractivity contribution in [2.24, 2.45) is 0 Å². The zero-order valence-corrected chi connectivity index (χ0v) is 17.8. The molecule has 0 atom stereocenters. The molecule has 1 N–H and O–H groups in total. The Morgan fingerprint density at radius 1 is 1.20 bits per heavy atom. The second-order valence-electron chi connectivity index (χ2n) is 6.84. The van der Waals surface area contributed by atoms with Crippen molar-refractivity contribution < 1.29 is 9.53 Å². The van der Waals surface area contributed by atoms with E-state index in [1.165, 1.54) is 22.5 Å². The number of ether oxygens (including phenoxy) is 1. The fraction of sp³-hybridized carbons (Fsp3) is 0.208. The standard InChI is InChI=1S/C24H23N3O2S/c1-3-12-29-21-10-8-18(9-11-21)13-20(15-25)23(28)27-24-26-16-22(30-24)14-19-6-4-17(2)5-7-19/h4-11,13,16H,3,12,14H2,1-2H3,(H,26,27,28). The number of amides is 1. The Bertz CT molecular complexity index is 1060. The van der Waals surface area contributed by atoms with E-state index < -0.39 is 5.91 Å². The molecule has 2 aromatic carbocycles. The molecule has 0 spiro atoms. The number of carbonyl (C=O) groups excluding carboxylic acids is 1. The van der Waals surface area contributed by atoms with Crippen molar-refractivity contribution in [1.82, 2.24) is 4.98 Å². The summed E-state index contributed by atoms with van der Waals surface area (Å²) < 4.78 is 5.55. The van der Waals surface area contributed by atoms with E-state index in [0.717, 1.165) is 29.0 Å². The van der Waals surface area contributed by atoms with Gasteiger partial charge >= 0.3 is 0 Å². The van der Waals surface area contributed by atoms with E-state index in [4.69, 9.17) is 4.74 Å². The molecular formula is C24H23N3O2S. The number of thiazole rings is 1. The zero-order valence-electron chi connectivity index (χ0n) is 17.0. The van der Waals surface area contributed by atoms with E-state index in [1.807, 2.05) is 37.3 Å². The second kappa shape index (κ2) is 10.4. The molecule has 3 rings (SSSR count). The van der Waals surface area contributed by atoms with E-state index >= 15 is 0 Å². The Labute approximate surface area is 180 Å². The summed E-state index contributed by atoms with van der Waals surface area (Å²) in [5.74, 6) is 0.292. The molecule has 0 unspecified atom stereocenters. The number of nitrogens with one attached hydrogen (secondary N) is 1. The number of nitriles is 1. The van der Waals surface area contributed by atoms with E-state index in [1.54, 1.807) is 12.3 Å². The highest BCUT2D eigenvalue weighted by molar-refractivity contribution is 7.15. The van der Waals surface area contributed by atoms with Crippen LogP contribution in [0.3, 0.4) is 0 Å². The molecule has 30 heavy (non-hydrogen) atoms. The van der Waals surface area contributed by atoms with Crippen LogP contribution in [0, 0.1) is 18.3 Å². The van der Waals surface area contributed by atoms with E-state index in [2.05, 4.69) is 41.5 Å². The monoisotopic (exact) mass is 417 g/mol. The summed E-state index contributed by atoms with van der Waals surface area (Å²) in [4.78, 5) is 17.8. The Hall–Kier alpha value is -3.43. The third kappa shape index (κ3) is 6.03. The van der Waals surface area contributed by atoms with Crippen LogP contribution < -0.4 is 10.1 Å². The van der Waals surface area contributed by atoms with Crippen molar-refractivity contribution >= 4 is 28.5 Å². The SMILES string of the molecule is CCCOc1ccc(C=C(C#N)C(=O)Nc2ncc(Cc3ccc(C)cc3)s2)cc1. The van der Waals surface area contributed by atoms with Crippen LogP contribution in [0.25, 0.3) is 6.08 Å². The third-order valence-corrected chi connectivity index (χ3v) is 5.21. The minimum atomic E-state index is -0.472. The van der Waals surface area contributed by atoms with Gasteiger partial charge in [-0.3, -0.25) is 10.1 Å². The van der Waals surface area contributed by atoms with Gasteiger partial charge in [-0.15, -0.1) is 11.3 Å². The summed E-state index contributed by atoms with van der Waals surface area (Å²) in [6.45, 7) is 4.75. The van der Waals surface area contributed by atoms with Crippen LogP contribution in [0.4, 0.5) is 5.13 Å². The quantitative estimate of drug-likeness (QED) is 0.395. The Morgan fingerprint density at radius 2 is 1.93 bits per heavy atom. The topological polar surface area (TPSA) is 75.0 Å². The smallest absolute Gasteiger partial charge is 0.268 e. The molecular weight excluding hydrogens is 394 g/mol. The molecule has 0 radical (unpaired) electrons. The molecule has 0 aliphatic heterocycles. The first-order valence-electron chi connectivity index (χ1n) is 9.73. The van der Waals surface area contributed by atoms with Gasteiger partial charge in [0.1, 0.15) is 17.4 Å². The minimum absolute atomic E-state index is 0.0208. The van der Waals surface area contributed by atoms with Gasteiger partial charge in [-0.05, 0) is 42.7 Å². The van der Waals surface area contributed by atoms with Gasteiger partial charge in [0.05, 0.1) is 6.61 Å². The molecule has 6 heteroatoms. The number of hydrogen-bond donors (Lipinski definition) is 1. The normalized spacial score (nSPS) is 11.0. The Kier molecular flexibility index (Phi) is 7.36. The van der Waals surface area contributed by atoms with Crippen molar-refractivity contribution in [1.29, 1.82) is 5.26 Å². The van der Waals surface area contributed by atoms with Crippen molar-refractivity contribution in [2.45, 2.75) is 26.7 Å². The first-order chi connectivity index (χ1) is 14.6. The lowest BCUT2D eigenvalue weighted by Gasteiger charge is -2.04. The van der Waals surface area contributed by atoms with Crippen molar-refractivity contribution in [2.75, 3.05) is 11.9 Å². The molecule has 152 valence electrons. The number of aromatic nitrogens is 1. The average molecular weight is 418 g/mol. The van der Waals surface area contributed by atoms with E-state index in [0.29, 0.717) is 11.7 Å². The maximum atomic E-state index is 12.5. The molecule has 1 aromatic heterocycles. The van der Waals surface area contributed by atoms with Gasteiger partial charge in [0, 0.05) is 17.5 Å². The van der Waals surface area contributed by atoms with Crippen LogP contribution in [0.5, 0.6) is 5.75 Å². The second-order valence-corrected chi connectivity index (χ2v) is 7.95. The van der Waals surface area contributed by atoms with Crippen molar-refractivity contribution in [3.8, 4) is 11.8 Å². The summed E-state index contributed by atoms with van der Waals surface area (Å²) >= 11 is 1.41. The number of carbonyl (C=O) groups is 1. The van der Waals surface area contributed by atoms with E-state index in [9.17, 15) is 10.1 Å². The highest BCUT2D eigenvalue weighted by Crippen LogP contribution is 2.22. The molecule has 0 saturated carbocycles. The van der Waals surface area contributed by atoms with Gasteiger partial charge in [-0.1, -0.05) is 48.9 Å². The molecule has 3 aromatic rings. The van der Waals surface area contributed by atoms with Crippen LogP contribution in [0.2, 0.25) is 0 Å². The predicted molar refractivity (Wildman–Crippen MR) is 121 cm³/mol. The number of aryl methyl sites for hydroxylation is 1. The first-order valence-corrected chi connectivity index (χ1v) is 10.6. The summed E-state index contributed by atoms with van der Waals surface area (Å²) in [6, 6.07) is 17.6. The van der Waals surface area contributed by atoms with Gasteiger partial charge in [0.2, 0.25) is 0 Å². The highest BCUT2D eigenvalue weighted by atomic mass is 32.1. The molecule has 1 heterocycles. The van der Waals surface area contributed by atoms with Gasteiger partial charge < -0.3 is 4.74 Å². The van der Waals surface area contributed by atoms with Crippen molar-refractivity contribution in [3.05, 3.63) is 81.9 Å². The van der Waals surface area contributed by atoms with Crippen molar-refractivity contribution in [3.63, 3.8) is 0 Å². The van der Waals surface area contributed by atoms with Crippen LogP contribution in [-0.2, 0) is 11.2 Å². The summed E-state index contributed by atoms with van der Waals surface area (Å²) in [5.41, 5.74) is 3.18. The average Bonchev–Trinajstić information content (AvgIpc) is 3.19. The molecule has 0 aliphatic carbocycles. The Morgan fingerprint density at radius 3 is 2.60 bits per heavy atom. The zero-order chi connectivity index (χ0) is 21.3. The molecule has 0 aliphatic rings. The molecule has 1 amide bonds. The lowest BCUT2D eigenvalue weighted by Crippen LogP contribution is -2.13. The molecule has 0 saturated heterocycles. The number of anilines is 1. The lowest BCUT2D eigenvalue weighted by molar-refractivity contribution is -0.112. The molecule has 5 nitrogen and oxygen atoms in total. The Balaban J connectivity index is 1.63. The van der Waals surface area contributed by atoms with E-state index in [-0.39, 0.29) is 5.57 Å². The largest absolute Gasteiger partial charge is 0.494 e. The first kappa shape index (κ1) is 21.3. The van der Waals surface area contributed by atoms with Crippen LogP contribution in [0.15, 0.2) is 60.3 Å². The maximum Gasteiger partial charge on any atom is 0.268 e. The van der Waals surface area contributed by atoms with Gasteiger partial charge in [0.25, 0.3) is 5.91 Å². The number of nitrogens with zero attached hydrogens (tertiary/aromatic N) is 2. The summed E-state index contributed by atoms with van der Waals surface area (Å²) in [6.07, 6.45) is 5.00. The predicted octanol–water partition coefficient (Wildman–Crippen LogP) is 5.38. The molecule has 0 bridgehead atoms. The molecule has 0 fully saturated rings. The van der Waals surface area contributed by atoms with Gasteiger partial charge in [-0.2, -0.15) is 5.26 Å². The fourth-order valence-electron chi connectivity index (χ4n) is 2.71. The number of benzene rings is 2. The number of hydrogen-bond acceptors (Lipinski definition) is 5. The van der Waals surface area contributed by atoms with Crippen LogP contribution in [-0.4, -0.2) is 17.5 Å². The summed E-state index contributed by atoms with van der Waals surface area (Å²) in [5, 5.41) is 12.6. The fourth-order valence-corrected chi connectivity index (χ4v) is 3.56. The maximum absolute atomic E-state index is 12.5. The van der Waals surface area contributed by atoms with Crippen LogP contribution >= 0.6 is 11.3 Å². The third-order valence-electron chi connectivity index (χ3n) is 4.30. The number of rotatable bonds is 8. The highest BCUT2D eigenvalue weighted by Gasteiger charge is 2.12. The summed E-state index contributed by atoms with van der Waals surface area (Å²) in [7, 11) is 0. The lowest BCUT2D eigenvalue weighted by atomic mass is 10.1. The minimum Gasteiger partial charge on any atom is -0.494 e. The van der Waals surface area contributed by atoms with Gasteiger partial charge in [0.15, 0.2) is 5.13 Å².